The summed E-state index contributed by atoms with van der Waals surface area (Å²) in [5.74, 6) is 0. The van der Waals surface area contributed by atoms with Gasteiger partial charge in [0.1, 0.15) is 0 Å². The SMILES string of the molecule is Cc1nc2c(s1)I=CC=C2. The summed E-state index contributed by atoms with van der Waals surface area (Å²) in [7, 11) is 0. The first-order valence-corrected chi connectivity index (χ1v) is 6.11. The summed E-state index contributed by atoms with van der Waals surface area (Å²) in [6.45, 7) is 2.07. The van der Waals surface area contributed by atoms with Crippen molar-refractivity contribution in [1.29, 1.82) is 0 Å². The Labute approximate surface area is 73.6 Å². The van der Waals surface area contributed by atoms with E-state index >= 15 is 0 Å². The van der Waals surface area contributed by atoms with Crippen molar-refractivity contribution in [2.24, 2.45) is 0 Å². The molecule has 1 aromatic heterocycles. The van der Waals surface area contributed by atoms with Crippen molar-refractivity contribution in [2.75, 3.05) is 0 Å². The van der Waals surface area contributed by atoms with Gasteiger partial charge in [-0.2, -0.15) is 0 Å². The highest BCUT2D eigenvalue weighted by Crippen LogP contribution is 2.27. The molecule has 2 heterocycles. The molecule has 0 saturated heterocycles. The van der Waals surface area contributed by atoms with Crippen LogP contribution in [0.4, 0.5) is 0 Å². The maximum absolute atomic E-state index is 4.39. The molecule has 0 atom stereocenters. The fourth-order valence-corrected chi connectivity index (χ4v) is 4.53. The van der Waals surface area contributed by atoms with E-state index < -0.39 is 0 Å². The number of allylic oxidation sites excluding steroid dienone is 1. The highest BCUT2D eigenvalue weighted by atomic mass is 127. The van der Waals surface area contributed by atoms with Gasteiger partial charge in [-0.25, -0.2) is 4.98 Å². The van der Waals surface area contributed by atoms with Crippen molar-refractivity contribution in [2.45, 2.75) is 6.92 Å². The summed E-state index contributed by atoms with van der Waals surface area (Å²) in [4.78, 5) is 4.39. The largest absolute Gasteiger partial charge is 0.241 e. The van der Waals surface area contributed by atoms with Gasteiger partial charge in [-0.15, -0.1) is 11.3 Å². The van der Waals surface area contributed by atoms with E-state index in [9.17, 15) is 0 Å². The molecule has 0 aromatic carbocycles. The lowest BCUT2D eigenvalue weighted by Gasteiger charge is -1.90. The Balaban J connectivity index is 2.64. The number of fused-ring (bicyclic) bond motifs is 1. The van der Waals surface area contributed by atoms with E-state index in [1.165, 1.54) is 13.6 Å². The molecule has 0 N–H and O–H groups in total. The van der Waals surface area contributed by atoms with Gasteiger partial charge in [0.2, 0.25) is 0 Å². The van der Waals surface area contributed by atoms with Crippen LogP contribution in [0.1, 0.15) is 10.7 Å². The molecule has 2 rings (SSSR count). The third kappa shape index (κ3) is 1.08. The maximum Gasteiger partial charge on any atom is 0.0912 e. The normalized spacial score (nSPS) is 14.5. The first-order chi connectivity index (χ1) is 4.86. The van der Waals surface area contributed by atoms with E-state index in [1.807, 2.05) is 11.3 Å². The smallest absolute Gasteiger partial charge is 0.0912 e. The van der Waals surface area contributed by atoms with E-state index in [4.69, 9.17) is 0 Å². The van der Waals surface area contributed by atoms with Crippen molar-refractivity contribution in [1.82, 2.24) is 4.98 Å². The molecular formula is C7H6INS. The van der Waals surface area contributed by atoms with Gasteiger partial charge < -0.3 is 0 Å². The van der Waals surface area contributed by atoms with Gasteiger partial charge in [0.15, 0.2) is 0 Å². The first-order valence-electron chi connectivity index (χ1n) is 2.97. The van der Waals surface area contributed by atoms with Gasteiger partial charge in [0.25, 0.3) is 0 Å². The van der Waals surface area contributed by atoms with Crippen molar-refractivity contribution < 1.29 is 0 Å². The molecule has 0 saturated carbocycles. The number of aromatic nitrogens is 1. The van der Waals surface area contributed by atoms with Gasteiger partial charge in [-0.3, -0.25) is 0 Å². The number of hydrogen-bond acceptors (Lipinski definition) is 2. The molecule has 0 aliphatic carbocycles. The summed E-state index contributed by atoms with van der Waals surface area (Å²) in [5.41, 5.74) is 1.22. The van der Waals surface area contributed by atoms with Gasteiger partial charge in [-0.1, -0.05) is 26.8 Å². The Kier molecular flexibility index (Phi) is 1.69. The van der Waals surface area contributed by atoms with Crippen molar-refractivity contribution in [3.05, 3.63) is 19.7 Å². The molecule has 1 aliphatic rings. The van der Waals surface area contributed by atoms with Gasteiger partial charge >= 0.3 is 0 Å². The van der Waals surface area contributed by atoms with Gasteiger partial charge in [0.05, 0.1) is 13.6 Å². The third-order valence-corrected chi connectivity index (χ3v) is 5.13. The predicted octanol–water partition coefficient (Wildman–Crippen LogP) is 2.42. The lowest BCUT2D eigenvalue weighted by atomic mass is 10.4. The van der Waals surface area contributed by atoms with E-state index in [1.54, 1.807) is 0 Å². The van der Waals surface area contributed by atoms with Crippen LogP contribution in [0.3, 0.4) is 0 Å². The number of halogens is 1. The van der Waals surface area contributed by atoms with Crippen LogP contribution < -0.4 is 0 Å². The Morgan fingerprint density at radius 3 is 3.30 bits per heavy atom. The number of hydrogen-bond donors (Lipinski definition) is 0. The average Bonchev–Trinajstić information content (AvgIpc) is 2.27. The number of nitrogens with zero attached hydrogens (tertiary/aromatic N) is 1. The van der Waals surface area contributed by atoms with Crippen LogP contribution >= 0.6 is 32.1 Å². The van der Waals surface area contributed by atoms with E-state index in [-0.39, 0.29) is 20.7 Å². The summed E-state index contributed by atoms with van der Waals surface area (Å²) in [5, 5.41) is 1.20. The minimum Gasteiger partial charge on any atom is -0.241 e. The van der Waals surface area contributed by atoms with Crippen LogP contribution in [0.2, 0.25) is 0 Å². The second-order valence-corrected chi connectivity index (χ2v) is 6.34. The molecule has 0 amide bonds. The van der Waals surface area contributed by atoms with Crippen LogP contribution in [-0.2, 0) is 0 Å². The molecule has 0 radical (unpaired) electrons. The summed E-state index contributed by atoms with van der Waals surface area (Å²) >= 11 is 2.01. The average molecular weight is 263 g/mol. The van der Waals surface area contributed by atoms with Crippen LogP contribution in [0.15, 0.2) is 6.08 Å². The van der Waals surface area contributed by atoms with Gasteiger partial charge in [-0.05, 0) is 17.0 Å². The second-order valence-electron chi connectivity index (χ2n) is 1.99. The predicted molar refractivity (Wildman–Crippen MR) is 54.7 cm³/mol. The monoisotopic (exact) mass is 263 g/mol. The fraction of sp³-hybridized carbons (Fsp3) is 0.143. The minimum absolute atomic E-state index is 0.160. The highest BCUT2D eigenvalue weighted by molar-refractivity contribution is 14.2. The van der Waals surface area contributed by atoms with Crippen LogP contribution in [0, 0.1) is 9.81 Å². The molecule has 52 valence electrons. The fourth-order valence-electron chi connectivity index (χ4n) is 0.820. The molecular weight excluding hydrogens is 257 g/mol. The third-order valence-electron chi connectivity index (χ3n) is 1.21. The number of thiazole rings is 1. The van der Waals surface area contributed by atoms with Crippen LogP contribution in [0.5, 0.6) is 0 Å². The van der Waals surface area contributed by atoms with E-state index in [0.717, 1.165) is 0 Å². The maximum atomic E-state index is 4.39. The van der Waals surface area contributed by atoms with Crippen LogP contribution in [0.25, 0.3) is 6.08 Å². The second kappa shape index (κ2) is 2.54. The molecule has 3 heteroatoms. The van der Waals surface area contributed by atoms with Crippen LogP contribution in [-0.4, -0.2) is 9.00 Å². The number of aryl methyl sites for hydroxylation is 1. The molecule has 10 heavy (non-hydrogen) atoms. The van der Waals surface area contributed by atoms with E-state index in [0.29, 0.717) is 0 Å². The standard InChI is InChI=1S/C7H6INS/c1-5-9-6-3-2-4-8-7(6)10-5/h2-4H,1H3. The lowest BCUT2D eigenvalue weighted by Crippen LogP contribution is -1.78. The Hall–Kier alpha value is -0.0300. The molecule has 0 unspecified atom stereocenters. The topological polar surface area (TPSA) is 12.9 Å². The quantitative estimate of drug-likeness (QED) is 0.655. The molecule has 1 aliphatic heterocycles. The Morgan fingerprint density at radius 2 is 2.50 bits per heavy atom. The highest BCUT2D eigenvalue weighted by Gasteiger charge is 2.04. The summed E-state index contributed by atoms with van der Waals surface area (Å²) in [6, 6.07) is 0. The zero-order chi connectivity index (χ0) is 6.97. The molecule has 1 aromatic rings. The minimum atomic E-state index is 0.160. The molecule has 1 nitrogen and oxygen atoms in total. The summed E-state index contributed by atoms with van der Waals surface area (Å²) < 4.78 is 3.79. The molecule has 0 bridgehead atoms. The van der Waals surface area contributed by atoms with Crippen molar-refractivity contribution in [3.8, 4) is 0 Å². The zero-order valence-corrected chi connectivity index (χ0v) is 8.44. The molecule has 0 fully saturated rings. The lowest BCUT2D eigenvalue weighted by molar-refractivity contribution is 1.27. The van der Waals surface area contributed by atoms with Gasteiger partial charge in [0, 0.05) is 0 Å². The van der Waals surface area contributed by atoms with E-state index in [2.05, 4.69) is 28.1 Å². The van der Waals surface area contributed by atoms with Crippen molar-refractivity contribution >= 4 is 42.2 Å². The number of rotatable bonds is 0. The Bertz CT molecular complexity index is 282. The molecule has 0 spiro atoms. The Morgan fingerprint density at radius 1 is 1.60 bits per heavy atom. The first kappa shape index (κ1) is 6.67. The van der Waals surface area contributed by atoms with Crippen molar-refractivity contribution in [3.63, 3.8) is 0 Å². The summed E-state index contributed by atoms with van der Waals surface area (Å²) in [6.07, 6.45) is 4.22. The zero-order valence-electron chi connectivity index (χ0n) is 5.47.